The van der Waals surface area contributed by atoms with Crippen molar-refractivity contribution >= 4 is 22.7 Å². The number of ether oxygens (including phenoxy) is 1. The van der Waals surface area contributed by atoms with Crippen LogP contribution in [0.2, 0.25) is 0 Å². The molecule has 0 fully saturated rings. The number of benzene rings is 1. The van der Waals surface area contributed by atoms with Crippen LogP contribution in [0.25, 0.3) is 10.9 Å². The molecule has 0 bridgehead atoms. The highest BCUT2D eigenvalue weighted by molar-refractivity contribution is 6.00. The first-order valence-electron chi connectivity index (χ1n) is 6.55. The van der Waals surface area contributed by atoms with Crippen molar-refractivity contribution in [3.8, 4) is 5.75 Å². The number of esters is 1. The summed E-state index contributed by atoms with van der Waals surface area (Å²) >= 11 is 0. The smallest absolute Gasteiger partial charge is 0.316 e. The van der Waals surface area contributed by atoms with Crippen LogP contribution in [0, 0.1) is 12.3 Å². The molecule has 106 valence electrons. The van der Waals surface area contributed by atoms with Crippen molar-refractivity contribution in [3.63, 3.8) is 0 Å². The molecule has 1 heterocycles. The molecule has 20 heavy (non-hydrogen) atoms. The summed E-state index contributed by atoms with van der Waals surface area (Å²) in [5.41, 5.74) is 1.65. The van der Waals surface area contributed by atoms with Crippen LogP contribution >= 0.6 is 0 Å². The summed E-state index contributed by atoms with van der Waals surface area (Å²) in [6, 6.07) is 5.34. The lowest BCUT2D eigenvalue weighted by atomic mass is 9.97. The number of rotatable bonds is 2. The largest absolute Gasteiger partial charge is 0.424 e. The average Bonchev–Trinajstić information content (AvgIpc) is 2.64. The molecule has 0 spiro atoms. The maximum absolute atomic E-state index is 12.0. The maximum Gasteiger partial charge on any atom is 0.316 e. The van der Waals surface area contributed by atoms with Crippen LogP contribution in [0.4, 0.5) is 0 Å². The van der Waals surface area contributed by atoms with Gasteiger partial charge in [0.05, 0.1) is 11.1 Å². The number of hydrogen-bond acceptors (Lipinski definition) is 3. The Hall–Kier alpha value is -2.10. The Morgan fingerprint density at radius 1 is 1.20 bits per heavy atom. The van der Waals surface area contributed by atoms with Crippen LogP contribution < -0.4 is 4.74 Å². The number of hydrogen-bond donors (Lipinski definition) is 1. The molecule has 0 saturated carbocycles. The van der Waals surface area contributed by atoms with Gasteiger partial charge in [-0.25, -0.2) is 0 Å². The number of aromatic amines is 1. The van der Waals surface area contributed by atoms with Crippen LogP contribution in [0.1, 0.15) is 43.7 Å². The van der Waals surface area contributed by atoms with Gasteiger partial charge in [-0.3, -0.25) is 9.59 Å². The molecule has 1 N–H and O–H groups in total. The van der Waals surface area contributed by atoms with Gasteiger partial charge in [0.25, 0.3) is 0 Å². The van der Waals surface area contributed by atoms with Gasteiger partial charge < -0.3 is 9.72 Å². The minimum atomic E-state index is -0.575. The van der Waals surface area contributed by atoms with Crippen LogP contribution in [-0.2, 0) is 4.79 Å². The fraction of sp³-hybridized carbons (Fsp3) is 0.375. The van der Waals surface area contributed by atoms with Crippen LogP contribution in [0.15, 0.2) is 18.2 Å². The summed E-state index contributed by atoms with van der Waals surface area (Å²) in [4.78, 5) is 26.7. The molecular formula is C16H19NO3. The molecular weight excluding hydrogens is 254 g/mol. The van der Waals surface area contributed by atoms with Gasteiger partial charge in [0.2, 0.25) is 0 Å². The number of Topliss-reactive ketones (excluding diaryl/α,β-unsaturated/α-hetero) is 1. The Balaban J connectivity index is 2.52. The van der Waals surface area contributed by atoms with E-state index in [0.717, 1.165) is 16.6 Å². The molecule has 0 saturated heterocycles. The Bertz CT molecular complexity index is 690. The van der Waals surface area contributed by atoms with Crippen molar-refractivity contribution in [2.24, 2.45) is 5.41 Å². The van der Waals surface area contributed by atoms with Gasteiger partial charge >= 0.3 is 5.97 Å². The third-order valence-electron chi connectivity index (χ3n) is 3.14. The van der Waals surface area contributed by atoms with Crippen molar-refractivity contribution < 1.29 is 14.3 Å². The second-order valence-corrected chi connectivity index (χ2v) is 6.04. The third-order valence-corrected chi connectivity index (χ3v) is 3.14. The van der Waals surface area contributed by atoms with E-state index in [1.54, 1.807) is 32.9 Å². The van der Waals surface area contributed by atoms with E-state index < -0.39 is 5.41 Å². The Kier molecular flexibility index (Phi) is 3.42. The summed E-state index contributed by atoms with van der Waals surface area (Å²) < 4.78 is 5.52. The standard InChI is InChI=1S/C16H19NO3/c1-9-14(20-15(19)16(3,4)5)12-8-11(10(2)18)6-7-13(12)17-9/h6-8,17H,1-5H3. The average molecular weight is 273 g/mol. The lowest BCUT2D eigenvalue weighted by molar-refractivity contribution is -0.142. The fourth-order valence-electron chi connectivity index (χ4n) is 1.90. The van der Waals surface area contributed by atoms with E-state index in [0.29, 0.717) is 11.3 Å². The lowest BCUT2D eigenvalue weighted by Gasteiger charge is -2.16. The number of ketones is 1. The zero-order valence-electron chi connectivity index (χ0n) is 12.5. The van der Waals surface area contributed by atoms with E-state index in [9.17, 15) is 9.59 Å². The molecule has 1 aromatic heterocycles. The van der Waals surface area contributed by atoms with E-state index in [1.807, 2.05) is 13.0 Å². The van der Waals surface area contributed by atoms with E-state index in [-0.39, 0.29) is 11.8 Å². The summed E-state index contributed by atoms with van der Waals surface area (Å²) in [5, 5.41) is 0.757. The lowest BCUT2D eigenvalue weighted by Crippen LogP contribution is -2.25. The zero-order chi connectivity index (χ0) is 15.1. The number of fused-ring (bicyclic) bond motifs is 1. The first-order chi connectivity index (χ1) is 9.20. The molecule has 0 amide bonds. The van der Waals surface area contributed by atoms with E-state index in [4.69, 9.17) is 4.74 Å². The van der Waals surface area contributed by atoms with Crippen molar-refractivity contribution in [2.75, 3.05) is 0 Å². The highest BCUT2D eigenvalue weighted by Gasteiger charge is 2.25. The van der Waals surface area contributed by atoms with E-state index in [1.165, 1.54) is 6.92 Å². The van der Waals surface area contributed by atoms with Gasteiger partial charge in [-0.2, -0.15) is 0 Å². The molecule has 2 rings (SSSR count). The highest BCUT2D eigenvalue weighted by atomic mass is 16.5. The number of carbonyl (C=O) groups excluding carboxylic acids is 2. The molecule has 1 aromatic carbocycles. The second-order valence-electron chi connectivity index (χ2n) is 6.04. The minimum absolute atomic E-state index is 0.0150. The fourth-order valence-corrected chi connectivity index (χ4v) is 1.90. The zero-order valence-corrected chi connectivity index (χ0v) is 12.5. The van der Waals surface area contributed by atoms with E-state index in [2.05, 4.69) is 4.98 Å². The molecule has 0 radical (unpaired) electrons. The summed E-state index contributed by atoms with van der Waals surface area (Å²) in [6.45, 7) is 8.78. The van der Waals surface area contributed by atoms with Crippen molar-refractivity contribution in [1.82, 2.24) is 4.98 Å². The third kappa shape index (κ3) is 2.59. The van der Waals surface area contributed by atoms with Crippen molar-refractivity contribution in [3.05, 3.63) is 29.5 Å². The predicted molar refractivity (Wildman–Crippen MR) is 78.1 cm³/mol. The van der Waals surface area contributed by atoms with Crippen molar-refractivity contribution in [2.45, 2.75) is 34.6 Å². The molecule has 0 aliphatic rings. The van der Waals surface area contributed by atoms with Crippen LogP contribution in [0.3, 0.4) is 0 Å². The number of nitrogens with one attached hydrogen (secondary N) is 1. The first kappa shape index (κ1) is 14.3. The quantitative estimate of drug-likeness (QED) is 0.671. The number of aromatic nitrogens is 1. The molecule has 0 unspecified atom stereocenters. The maximum atomic E-state index is 12.0. The van der Waals surface area contributed by atoms with Gasteiger partial charge in [-0.05, 0) is 52.8 Å². The minimum Gasteiger partial charge on any atom is -0.424 e. The normalized spacial score (nSPS) is 11.7. The molecule has 4 heteroatoms. The monoisotopic (exact) mass is 273 g/mol. The Labute approximate surface area is 118 Å². The SMILES string of the molecule is CC(=O)c1ccc2[nH]c(C)c(OC(=O)C(C)(C)C)c2c1. The topological polar surface area (TPSA) is 59.2 Å². The summed E-state index contributed by atoms with van der Waals surface area (Å²) in [5.74, 6) is 0.191. The molecule has 0 aliphatic heterocycles. The Morgan fingerprint density at radius 3 is 2.40 bits per heavy atom. The Morgan fingerprint density at radius 2 is 1.85 bits per heavy atom. The summed E-state index contributed by atoms with van der Waals surface area (Å²) in [6.07, 6.45) is 0. The van der Waals surface area contributed by atoms with E-state index >= 15 is 0 Å². The van der Waals surface area contributed by atoms with Gasteiger partial charge in [-0.15, -0.1) is 0 Å². The van der Waals surface area contributed by atoms with Gasteiger partial charge in [0.15, 0.2) is 11.5 Å². The van der Waals surface area contributed by atoms with Gasteiger partial charge in [-0.1, -0.05) is 0 Å². The van der Waals surface area contributed by atoms with Gasteiger partial charge in [0, 0.05) is 16.5 Å². The van der Waals surface area contributed by atoms with Crippen LogP contribution in [0.5, 0.6) is 5.75 Å². The highest BCUT2D eigenvalue weighted by Crippen LogP contribution is 2.32. The first-order valence-corrected chi connectivity index (χ1v) is 6.55. The molecule has 0 aliphatic carbocycles. The number of aryl methyl sites for hydroxylation is 1. The number of carbonyl (C=O) groups is 2. The predicted octanol–water partition coefficient (Wildman–Crippen LogP) is 3.63. The summed E-state index contributed by atoms with van der Waals surface area (Å²) in [7, 11) is 0. The molecule has 0 atom stereocenters. The van der Waals surface area contributed by atoms with Crippen molar-refractivity contribution in [1.29, 1.82) is 0 Å². The second kappa shape index (κ2) is 4.78. The number of H-pyrrole nitrogens is 1. The molecule has 4 nitrogen and oxygen atoms in total. The van der Waals surface area contributed by atoms with Crippen LogP contribution in [-0.4, -0.2) is 16.7 Å². The van der Waals surface area contributed by atoms with Gasteiger partial charge in [0.1, 0.15) is 0 Å². The molecule has 2 aromatic rings.